The summed E-state index contributed by atoms with van der Waals surface area (Å²) < 4.78 is 6.45. The van der Waals surface area contributed by atoms with E-state index in [9.17, 15) is 0 Å². The van der Waals surface area contributed by atoms with Gasteiger partial charge in [-0.25, -0.2) is 0 Å². The van der Waals surface area contributed by atoms with Gasteiger partial charge in [-0.15, -0.1) is 0 Å². The molecule has 220 valence electrons. The molecule has 0 radical (unpaired) electrons. The fourth-order valence-electron chi connectivity index (χ4n) is 7.48. The Morgan fingerprint density at radius 2 is 1.22 bits per heavy atom. The molecule has 2 heteroatoms. The zero-order chi connectivity index (χ0) is 30.9. The van der Waals surface area contributed by atoms with Crippen LogP contribution in [0.2, 0.25) is 0 Å². The molecule has 1 aromatic heterocycles. The second-order valence-electron chi connectivity index (χ2n) is 13.8. The lowest BCUT2D eigenvalue weighted by atomic mass is 9.80. The van der Waals surface area contributed by atoms with E-state index in [0.29, 0.717) is 0 Å². The minimum Gasteiger partial charge on any atom is -0.456 e. The summed E-state index contributed by atoms with van der Waals surface area (Å²) in [6.07, 6.45) is 0. The fraction of sp³-hybridized carbons (Fsp3) is 0.163. The average molecular weight is 584 g/mol. The number of hydrogen-bond donors (Lipinski definition) is 0. The number of nitrogens with zero attached hydrogens (tertiary/aromatic N) is 1. The molecule has 1 heterocycles. The van der Waals surface area contributed by atoms with Gasteiger partial charge in [-0.3, -0.25) is 0 Å². The molecule has 1 aliphatic carbocycles. The first kappa shape index (κ1) is 27.5. The highest BCUT2D eigenvalue weighted by atomic mass is 16.3. The molecule has 0 spiro atoms. The van der Waals surface area contributed by atoms with E-state index in [1.165, 1.54) is 50.3 Å². The first-order valence-electron chi connectivity index (χ1n) is 15.9. The van der Waals surface area contributed by atoms with Gasteiger partial charge in [0, 0.05) is 16.5 Å². The van der Waals surface area contributed by atoms with Crippen LogP contribution in [-0.2, 0) is 10.8 Å². The maximum Gasteiger partial charge on any atom is 0.137 e. The Morgan fingerprint density at radius 1 is 0.556 bits per heavy atom. The van der Waals surface area contributed by atoms with Gasteiger partial charge in [-0.2, -0.15) is 0 Å². The minimum atomic E-state index is -0.182. The number of furan rings is 1. The molecule has 1 aliphatic rings. The quantitative estimate of drug-likeness (QED) is 0.205. The molecule has 8 rings (SSSR count). The Kier molecular flexibility index (Phi) is 6.09. The van der Waals surface area contributed by atoms with Crippen LogP contribution in [0.4, 0.5) is 17.1 Å². The smallest absolute Gasteiger partial charge is 0.137 e. The lowest BCUT2D eigenvalue weighted by Crippen LogP contribution is -2.23. The average Bonchev–Trinajstić information content (AvgIpc) is 3.55. The minimum absolute atomic E-state index is 0.124. The van der Waals surface area contributed by atoms with Crippen LogP contribution in [0.15, 0.2) is 138 Å². The third-order valence-electron chi connectivity index (χ3n) is 9.57. The maximum atomic E-state index is 6.45. The van der Waals surface area contributed by atoms with Crippen LogP contribution in [0, 0.1) is 0 Å². The molecule has 0 unspecified atom stereocenters. The molecule has 0 N–H and O–H groups in total. The third kappa shape index (κ3) is 4.24. The van der Waals surface area contributed by atoms with Crippen molar-refractivity contribution in [1.29, 1.82) is 0 Å². The lowest BCUT2D eigenvalue weighted by molar-refractivity contribution is 0.591. The summed E-state index contributed by atoms with van der Waals surface area (Å²) in [6.45, 7) is 11.7. The summed E-state index contributed by atoms with van der Waals surface area (Å²) in [6, 6.07) is 48.3. The first-order valence-corrected chi connectivity index (χ1v) is 15.9. The molecule has 45 heavy (non-hydrogen) atoms. The number of fused-ring (bicyclic) bond motifs is 6. The molecular formula is C43H37NO. The highest BCUT2D eigenvalue weighted by Gasteiger charge is 2.39. The van der Waals surface area contributed by atoms with Crippen molar-refractivity contribution < 1.29 is 4.42 Å². The SMILES string of the molecule is CC(C)(C)c1cc(-c2ccccc2)ccc1N(c1cccc2c1C(C)(C)c1ccccc1-2)c1cccc2oc3ccccc3c12. The molecule has 0 saturated carbocycles. The zero-order valence-electron chi connectivity index (χ0n) is 26.6. The van der Waals surface area contributed by atoms with E-state index in [0.717, 1.165) is 27.6 Å². The van der Waals surface area contributed by atoms with Crippen molar-refractivity contribution in [3.63, 3.8) is 0 Å². The topological polar surface area (TPSA) is 16.4 Å². The summed E-state index contributed by atoms with van der Waals surface area (Å²) in [5.41, 5.74) is 14.1. The van der Waals surface area contributed by atoms with Gasteiger partial charge in [0.05, 0.1) is 16.8 Å². The highest BCUT2D eigenvalue weighted by Crippen LogP contribution is 2.56. The lowest BCUT2D eigenvalue weighted by Gasteiger charge is -2.36. The van der Waals surface area contributed by atoms with Gasteiger partial charge >= 0.3 is 0 Å². The summed E-state index contributed by atoms with van der Waals surface area (Å²) in [5.74, 6) is 0. The Hall–Kier alpha value is -5.08. The van der Waals surface area contributed by atoms with Gasteiger partial charge in [0.2, 0.25) is 0 Å². The van der Waals surface area contributed by atoms with E-state index in [1.54, 1.807) is 0 Å². The highest BCUT2D eigenvalue weighted by molar-refractivity contribution is 6.13. The van der Waals surface area contributed by atoms with Gasteiger partial charge < -0.3 is 9.32 Å². The number of para-hydroxylation sites is 1. The van der Waals surface area contributed by atoms with E-state index in [2.05, 4.69) is 167 Å². The van der Waals surface area contributed by atoms with Crippen LogP contribution in [0.5, 0.6) is 0 Å². The van der Waals surface area contributed by atoms with Crippen molar-refractivity contribution in [2.45, 2.75) is 45.4 Å². The van der Waals surface area contributed by atoms with Crippen LogP contribution in [0.1, 0.15) is 51.3 Å². The van der Waals surface area contributed by atoms with Crippen molar-refractivity contribution in [3.8, 4) is 22.3 Å². The van der Waals surface area contributed by atoms with Gasteiger partial charge in [-0.1, -0.05) is 132 Å². The van der Waals surface area contributed by atoms with E-state index in [4.69, 9.17) is 4.42 Å². The number of benzene rings is 6. The largest absolute Gasteiger partial charge is 0.456 e. The zero-order valence-corrected chi connectivity index (χ0v) is 26.6. The van der Waals surface area contributed by atoms with E-state index >= 15 is 0 Å². The summed E-state index contributed by atoms with van der Waals surface area (Å²) >= 11 is 0. The molecule has 6 aromatic carbocycles. The van der Waals surface area contributed by atoms with Gasteiger partial charge in [0.25, 0.3) is 0 Å². The Balaban J connectivity index is 1.48. The predicted octanol–water partition coefficient (Wildman–Crippen LogP) is 12.3. The number of hydrogen-bond acceptors (Lipinski definition) is 2. The molecule has 0 bridgehead atoms. The molecule has 0 aliphatic heterocycles. The second-order valence-corrected chi connectivity index (χ2v) is 13.8. The molecule has 0 saturated heterocycles. The second kappa shape index (κ2) is 9.97. The number of rotatable bonds is 4. The Bertz CT molecular complexity index is 2230. The predicted molar refractivity (Wildman–Crippen MR) is 190 cm³/mol. The summed E-state index contributed by atoms with van der Waals surface area (Å²) in [5, 5.41) is 2.26. The van der Waals surface area contributed by atoms with Gasteiger partial charge in [-0.05, 0) is 80.8 Å². The monoisotopic (exact) mass is 583 g/mol. The van der Waals surface area contributed by atoms with E-state index < -0.39 is 0 Å². The standard InChI is InChI=1S/C43H37NO/c1-42(2,3)34-27-29(28-15-7-6-8-16-28)25-26-35(34)44(36-21-14-24-39-40(36)32-18-10-12-23-38(32)45-39)37-22-13-19-31-30-17-9-11-20-33(30)43(4,5)41(31)37/h6-27H,1-5H3. The van der Waals surface area contributed by atoms with Crippen molar-refractivity contribution in [3.05, 3.63) is 150 Å². The van der Waals surface area contributed by atoms with Crippen LogP contribution in [0.25, 0.3) is 44.2 Å². The van der Waals surface area contributed by atoms with Crippen molar-refractivity contribution >= 4 is 39.0 Å². The van der Waals surface area contributed by atoms with Crippen LogP contribution < -0.4 is 4.90 Å². The molecule has 0 atom stereocenters. The Morgan fingerprint density at radius 3 is 2.04 bits per heavy atom. The summed E-state index contributed by atoms with van der Waals surface area (Å²) in [7, 11) is 0. The molecule has 7 aromatic rings. The maximum absolute atomic E-state index is 6.45. The van der Waals surface area contributed by atoms with E-state index in [1.807, 2.05) is 6.07 Å². The number of anilines is 3. The molecule has 2 nitrogen and oxygen atoms in total. The van der Waals surface area contributed by atoms with Gasteiger partial charge in [0.1, 0.15) is 11.2 Å². The first-order chi connectivity index (χ1) is 21.7. The fourth-order valence-corrected chi connectivity index (χ4v) is 7.48. The normalized spacial score (nSPS) is 13.6. The van der Waals surface area contributed by atoms with Crippen LogP contribution in [-0.4, -0.2) is 0 Å². The van der Waals surface area contributed by atoms with E-state index in [-0.39, 0.29) is 10.8 Å². The van der Waals surface area contributed by atoms with Gasteiger partial charge in [0.15, 0.2) is 0 Å². The molecular weight excluding hydrogens is 546 g/mol. The Labute approximate surface area is 265 Å². The van der Waals surface area contributed by atoms with Crippen molar-refractivity contribution in [1.82, 2.24) is 0 Å². The van der Waals surface area contributed by atoms with Crippen LogP contribution in [0.3, 0.4) is 0 Å². The van der Waals surface area contributed by atoms with Crippen molar-refractivity contribution in [2.75, 3.05) is 4.90 Å². The van der Waals surface area contributed by atoms with Crippen molar-refractivity contribution in [2.24, 2.45) is 0 Å². The summed E-state index contributed by atoms with van der Waals surface area (Å²) in [4.78, 5) is 2.52. The molecule has 0 amide bonds. The van der Waals surface area contributed by atoms with Crippen LogP contribution >= 0.6 is 0 Å². The molecule has 0 fully saturated rings. The third-order valence-corrected chi connectivity index (χ3v) is 9.57.